The number of nitrogen functional groups attached to an aromatic ring is 1. The number of amides is 2. The summed E-state index contributed by atoms with van der Waals surface area (Å²) in [5.74, 6) is -1.40. The summed E-state index contributed by atoms with van der Waals surface area (Å²) in [6.45, 7) is 0. The predicted molar refractivity (Wildman–Crippen MR) is 127 cm³/mol. The van der Waals surface area contributed by atoms with Gasteiger partial charge in [-0.2, -0.15) is 0 Å². The van der Waals surface area contributed by atoms with E-state index in [9.17, 15) is 25.0 Å². The Morgan fingerprint density at radius 2 is 2.12 bits per heavy atom. The van der Waals surface area contributed by atoms with Gasteiger partial charge in [0.05, 0.1) is 11.7 Å². The summed E-state index contributed by atoms with van der Waals surface area (Å²) in [6, 6.07) is -1.47. The number of thioether (sulfide) groups is 1. The number of aliphatic hydroxyl groups excluding tert-OH is 1. The lowest BCUT2D eigenvalue weighted by Crippen LogP contribution is -2.72. The highest BCUT2D eigenvalue weighted by Gasteiger charge is 2.53. The number of aromatic nitrogens is 3. The van der Waals surface area contributed by atoms with Crippen molar-refractivity contribution in [3.63, 3.8) is 0 Å². The number of anilines is 2. The number of hydrogen-bond donors (Lipinski definition) is 5. The Balaban J connectivity index is 1.52. The number of nitrogens with zero attached hydrogens (tertiary/aromatic N) is 6. The lowest BCUT2D eigenvalue weighted by molar-refractivity contribution is -0.155. The Labute approximate surface area is 209 Å². The molecule has 2 aliphatic heterocycles. The number of halogens is 1. The normalized spacial score (nSPS) is 20.5. The molecule has 2 aromatic heterocycles. The molecule has 0 spiro atoms. The minimum atomic E-state index is -1.90. The molecule has 13 nitrogen and oxygen atoms in total. The Kier molecular flexibility index (Phi) is 6.97. The van der Waals surface area contributed by atoms with Crippen molar-refractivity contribution >= 4 is 73.8 Å². The number of fused-ring (bicyclic) bond motifs is 1. The first kappa shape index (κ1) is 24.6. The second kappa shape index (κ2) is 9.63. The summed E-state index contributed by atoms with van der Waals surface area (Å²) < 4.78 is 0.653. The van der Waals surface area contributed by atoms with E-state index in [0.29, 0.717) is 27.2 Å². The van der Waals surface area contributed by atoms with Gasteiger partial charge in [-0.3, -0.25) is 9.59 Å². The maximum atomic E-state index is 12.9. The SMILES string of the molecule is CN(C)c1nnc(SC2=C(C(O)O)N3C(=O)C(NC(=O)/C(=N\O)c4nc(N)sc4Cl)C3CC2)s1. The van der Waals surface area contributed by atoms with Crippen molar-refractivity contribution in [1.82, 2.24) is 25.4 Å². The highest BCUT2D eigenvalue weighted by molar-refractivity contribution is 8.04. The number of allylic oxidation sites excluding steroid dienone is 1. The Bertz CT molecular complexity index is 1200. The Hall–Kier alpha value is -2.50. The predicted octanol–water partition coefficient (Wildman–Crippen LogP) is 0.278. The summed E-state index contributed by atoms with van der Waals surface area (Å²) in [7, 11) is 3.67. The van der Waals surface area contributed by atoms with Gasteiger partial charge in [-0.05, 0) is 12.8 Å². The standard InChI is InChI=1S/C17H19ClN8O5S3/c1-25(2)16-22-23-17(34-16)32-6-4-3-5-7(13(28)26(5)10(6)14(29)30)20-12(27)9(24-31)8-11(18)33-15(19)21-8/h5,7,14,29-31H,3-4H2,1-2H3,(H2,19,21)(H,20,27)/b24-9-. The molecule has 17 heteroatoms. The maximum absolute atomic E-state index is 12.9. The highest BCUT2D eigenvalue weighted by atomic mass is 35.5. The number of nitrogens with one attached hydrogen (secondary N) is 1. The van der Waals surface area contributed by atoms with Crippen molar-refractivity contribution in [3.05, 3.63) is 20.6 Å². The van der Waals surface area contributed by atoms with Crippen LogP contribution in [0.15, 0.2) is 20.1 Å². The van der Waals surface area contributed by atoms with E-state index in [1.807, 2.05) is 14.1 Å². The minimum Gasteiger partial charge on any atom is -0.410 e. The van der Waals surface area contributed by atoms with Crippen LogP contribution < -0.4 is 16.0 Å². The van der Waals surface area contributed by atoms with Crippen molar-refractivity contribution < 1.29 is 25.0 Å². The molecule has 2 atom stereocenters. The number of rotatable bonds is 7. The van der Waals surface area contributed by atoms with Gasteiger partial charge in [0.1, 0.15) is 16.1 Å². The van der Waals surface area contributed by atoms with Crippen molar-refractivity contribution in [2.45, 2.75) is 35.6 Å². The second-order valence-electron chi connectivity index (χ2n) is 7.42. The molecule has 34 heavy (non-hydrogen) atoms. The fourth-order valence-electron chi connectivity index (χ4n) is 3.61. The molecule has 0 saturated carbocycles. The molecule has 2 aromatic rings. The number of oxime groups is 1. The second-order valence-corrected chi connectivity index (χ2v) is 11.3. The van der Waals surface area contributed by atoms with Crippen LogP contribution in [-0.2, 0) is 9.59 Å². The van der Waals surface area contributed by atoms with Crippen LogP contribution in [0.5, 0.6) is 0 Å². The zero-order valence-corrected chi connectivity index (χ0v) is 20.9. The lowest BCUT2D eigenvalue weighted by Gasteiger charge is -2.51. The minimum absolute atomic E-state index is 0.0460. The molecule has 0 aromatic carbocycles. The van der Waals surface area contributed by atoms with Crippen LogP contribution in [0.1, 0.15) is 18.5 Å². The van der Waals surface area contributed by atoms with E-state index < -0.39 is 35.9 Å². The number of carbonyl (C=O) groups excluding carboxylic acids is 2. The Morgan fingerprint density at radius 3 is 2.68 bits per heavy atom. The molecule has 2 aliphatic rings. The summed E-state index contributed by atoms with van der Waals surface area (Å²) in [6.07, 6.45) is -1.03. The van der Waals surface area contributed by atoms with Crippen LogP contribution in [0.2, 0.25) is 4.34 Å². The molecular formula is C17H19ClN8O5S3. The first-order valence-electron chi connectivity index (χ1n) is 9.68. The van der Waals surface area contributed by atoms with Gasteiger partial charge in [-0.15, -0.1) is 10.2 Å². The summed E-state index contributed by atoms with van der Waals surface area (Å²) in [5, 5.41) is 43.8. The van der Waals surface area contributed by atoms with E-state index in [4.69, 9.17) is 17.3 Å². The van der Waals surface area contributed by atoms with Crippen LogP contribution in [0.25, 0.3) is 0 Å². The molecule has 182 valence electrons. The molecule has 0 aliphatic carbocycles. The third kappa shape index (κ3) is 4.44. The number of hydrogen-bond acceptors (Lipinski definition) is 14. The van der Waals surface area contributed by atoms with Gasteiger partial charge in [0.25, 0.3) is 11.8 Å². The number of carbonyl (C=O) groups is 2. The van der Waals surface area contributed by atoms with E-state index >= 15 is 0 Å². The van der Waals surface area contributed by atoms with E-state index in [-0.39, 0.29) is 20.9 Å². The molecule has 2 amide bonds. The molecule has 1 saturated heterocycles. The van der Waals surface area contributed by atoms with Crippen molar-refractivity contribution in [1.29, 1.82) is 0 Å². The van der Waals surface area contributed by atoms with Gasteiger partial charge < -0.3 is 36.3 Å². The number of aliphatic hydroxyl groups is 2. The van der Waals surface area contributed by atoms with E-state index in [2.05, 4.69) is 25.7 Å². The van der Waals surface area contributed by atoms with E-state index in [0.717, 1.165) is 11.3 Å². The monoisotopic (exact) mass is 546 g/mol. The fourth-order valence-corrected chi connectivity index (χ4v) is 6.56. The van der Waals surface area contributed by atoms with Crippen LogP contribution in [0.3, 0.4) is 0 Å². The zero-order valence-electron chi connectivity index (χ0n) is 17.7. The highest BCUT2D eigenvalue weighted by Crippen LogP contribution is 2.44. The first-order valence-corrected chi connectivity index (χ1v) is 12.5. The van der Waals surface area contributed by atoms with Crippen molar-refractivity contribution in [3.8, 4) is 0 Å². The molecule has 6 N–H and O–H groups in total. The third-order valence-electron chi connectivity index (χ3n) is 5.09. The van der Waals surface area contributed by atoms with Crippen LogP contribution in [0, 0.1) is 0 Å². The first-order chi connectivity index (χ1) is 16.1. The van der Waals surface area contributed by atoms with Gasteiger partial charge in [0, 0.05) is 19.0 Å². The Morgan fingerprint density at radius 1 is 1.38 bits per heavy atom. The summed E-state index contributed by atoms with van der Waals surface area (Å²) >= 11 is 9.45. The van der Waals surface area contributed by atoms with Gasteiger partial charge in [-0.25, -0.2) is 4.98 Å². The number of nitrogens with two attached hydrogens (primary N) is 1. The number of thiazole rings is 1. The van der Waals surface area contributed by atoms with E-state index in [1.54, 1.807) is 4.90 Å². The van der Waals surface area contributed by atoms with Gasteiger partial charge >= 0.3 is 0 Å². The molecule has 2 unspecified atom stereocenters. The average Bonchev–Trinajstić information content (AvgIpc) is 3.38. The maximum Gasteiger partial charge on any atom is 0.276 e. The van der Waals surface area contributed by atoms with E-state index in [1.165, 1.54) is 28.0 Å². The average molecular weight is 547 g/mol. The number of β-lactam (4-membered cyclic amide) rings is 1. The zero-order chi connectivity index (χ0) is 24.7. The molecule has 4 heterocycles. The fraction of sp³-hybridized carbons (Fsp3) is 0.412. The molecule has 1 fully saturated rings. The van der Waals surface area contributed by atoms with Gasteiger partial charge in [0.15, 0.2) is 21.5 Å². The molecule has 0 bridgehead atoms. The van der Waals surface area contributed by atoms with Crippen molar-refractivity contribution in [2.75, 3.05) is 24.7 Å². The quantitative estimate of drug-likeness (QED) is 0.105. The van der Waals surface area contributed by atoms with Gasteiger partial charge in [0.2, 0.25) is 5.13 Å². The summed E-state index contributed by atoms with van der Waals surface area (Å²) in [5.41, 5.74) is 5.04. The third-order valence-corrected chi connectivity index (χ3v) is 8.48. The van der Waals surface area contributed by atoms with Crippen LogP contribution in [-0.4, -0.2) is 85.5 Å². The largest absolute Gasteiger partial charge is 0.410 e. The summed E-state index contributed by atoms with van der Waals surface area (Å²) in [4.78, 5) is 33.1. The topological polar surface area (TPSA) is 190 Å². The van der Waals surface area contributed by atoms with Crippen LogP contribution in [0.4, 0.5) is 10.3 Å². The lowest BCUT2D eigenvalue weighted by atomic mass is 9.86. The smallest absolute Gasteiger partial charge is 0.276 e. The molecular weight excluding hydrogens is 528 g/mol. The van der Waals surface area contributed by atoms with Gasteiger partial charge in [-0.1, -0.05) is 51.2 Å². The molecule has 0 radical (unpaired) electrons. The molecule has 4 rings (SSSR count). The van der Waals surface area contributed by atoms with Crippen molar-refractivity contribution in [2.24, 2.45) is 5.16 Å². The van der Waals surface area contributed by atoms with Crippen LogP contribution >= 0.6 is 46.0 Å².